The Balaban J connectivity index is 3.73. The molecule has 2 nitrogen and oxygen atoms in total. The fraction of sp³-hybridized carbons (Fsp3) is 0.786. The lowest BCUT2D eigenvalue weighted by Crippen LogP contribution is -2.16. The summed E-state index contributed by atoms with van der Waals surface area (Å²) in [4.78, 5) is 11.5. The van der Waals surface area contributed by atoms with Gasteiger partial charge >= 0.3 is 5.97 Å². The molecule has 16 heavy (non-hydrogen) atoms. The van der Waals surface area contributed by atoms with Crippen LogP contribution in [0.15, 0.2) is 12.2 Å². The van der Waals surface area contributed by atoms with Gasteiger partial charge in [0.05, 0.1) is 12.5 Å². The van der Waals surface area contributed by atoms with Gasteiger partial charge in [0, 0.05) is 0 Å². The summed E-state index contributed by atoms with van der Waals surface area (Å²) in [7, 11) is 0. The Morgan fingerprint density at radius 3 is 2.50 bits per heavy atom. The number of carbonyl (C=O) groups excluding carboxylic acids is 1. The summed E-state index contributed by atoms with van der Waals surface area (Å²) >= 11 is 0. The molecule has 0 N–H and O–H groups in total. The average molecular weight is 226 g/mol. The topological polar surface area (TPSA) is 26.3 Å². The number of ether oxygens (including phenoxy) is 1. The van der Waals surface area contributed by atoms with E-state index in [4.69, 9.17) is 4.74 Å². The molecule has 1 unspecified atom stereocenters. The number of hydrogen-bond acceptors (Lipinski definition) is 2. The molecule has 0 aromatic heterocycles. The smallest absolute Gasteiger partial charge is 0.309 e. The third-order valence-electron chi connectivity index (χ3n) is 2.67. The number of rotatable bonds is 9. The van der Waals surface area contributed by atoms with E-state index >= 15 is 0 Å². The largest absolute Gasteiger partial charge is 0.466 e. The number of unbranched alkanes of at least 4 members (excludes halogenated alkanes) is 3. The van der Waals surface area contributed by atoms with Gasteiger partial charge in [0.25, 0.3) is 0 Å². The lowest BCUT2D eigenvalue weighted by atomic mass is 10.0. The Kier molecular flexibility index (Phi) is 10.2. The molecule has 0 aliphatic heterocycles. The van der Waals surface area contributed by atoms with Gasteiger partial charge in [0.15, 0.2) is 0 Å². The fourth-order valence-electron chi connectivity index (χ4n) is 1.58. The Bertz CT molecular complexity index is 197. The standard InChI is InChI=1S/C14H26O2/c1-4-7-8-9-10-11-12-13(5-2)14(15)16-6-3/h10-11,13H,4-9,12H2,1-3H3. The van der Waals surface area contributed by atoms with Gasteiger partial charge in [-0.15, -0.1) is 0 Å². The van der Waals surface area contributed by atoms with E-state index in [2.05, 4.69) is 19.1 Å². The van der Waals surface area contributed by atoms with Crippen molar-refractivity contribution < 1.29 is 9.53 Å². The van der Waals surface area contributed by atoms with Crippen molar-refractivity contribution in [3.05, 3.63) is 12.2 Å². The highest BCUT2D eigenvalue weighted by Crippen LogP contribution is 2.12. The second kappa shape index (κ2) is 10.7. The molecule has 0 saturated heterocycles. The highest BCUT2D eigenvalue weighted by atomic mass is 16.5. The van der Waals surface area contributed by atoms with Crippen LogP contribution in [0.25, 0.3) is 0 Å². The van der Waals surface area contributed by atoms with Gasteiger partial charge in [-0.2, -0.15) is 0 Å². The normalized spacial score (nSPS) is 12.9. The number of carbonyl (C=O) groups is 1. The Labute approximate surface area is 100 Å². The van der Waals surface area contributed by atoms with Crippen molar-refractivity contribution in [2.24, 2.45) is 5.92 Å². The first-order valence-electron chi connectivity index (χ1n) is 6.57. The summed E-state index contributed by atoms with van der Waals surface area (Å²) < 4.78 is 5.02. The van der Waals surface area contributed by atoms with E-state index in [9.17, 15) is 4.79 Å². The van der Waals surface area contributed by atoms with Crippen LogP contribution in [0.4, 0.5) is 0 Å². The highest BCUT2D eigenvalue weighted by molar-refractivity contribution is 5.72. The Morgan fingerprint density at radius 1 is 1.19 bits per heavy atom. The van der Waals surface area contributed by atoms with Crippen molar-refractivity contribution in [1.82, 2.24) is 0 Å². The van der Waals surface area contributed by atoms with Crippen LogP contribution in [-0.2, 0) is 9.53 Å². The minimum atomic E-state index is -0.0526. The molecule has 0 rings (SSSR count). The van der Waals surface area contributed by atoms with Gasteiger partial charge in [0.2, 0.25) is 0 Å². The minimum absolute atomic E-state index is 0.0439. The monoisotopic (exact) mass is 226 g/mol. The third-order valence-corrected chi connectivity index (χ3v) is 2.67. The molecule has 1 atom stereocenters. The fourth-order valence-corrected chi connectivity index (χ4v) is 1.58. The van der Waals surface area contributed by atoms with Crippen LogP contribution in [0.2, 0.25) is 0 Å². The maximum absolute atomic E-state index is 11.5. The average Bonchev–Trinajstić information content (AvgIpc) is 2.28. The maximum atomic E-state index is 11.5. The summed E-state index contributed by atoms with van der Waals surface area (Å²) in [5, 5.41) is 0. The zero-order chi connectivity index (χ0) is 12.2. The molecule has 0 bridgehead atoms. The number of hydrogen-bond donors (Lipinski definition) is 0. The summed E-state index contributed by atoms with van der Waals surface area (Å²) in [5.74, 6) is -0.00872. The molecular formula is C14H26O2. The Hall–Kier alpha value is -0.790. The lowest BCUT2D eigenvalue weighted by Gasteiger charge is -2.10. The van der Waals surface area contributed by atoms with Crippen molar-refractivity contribution >= 4 is 5.97 Å². The molecule has 0 amide bonds. The molecule has 0 fully saturated rings. The van der Waals surface area contributed by atoms with Crippen LogP contribution in [-0.4, -0.2) is 12.6 Å². The molecule has 0 spiro atoms. The predicted molar refractivity (Wildman–Crippen MR) is 68.3 cm³/mol. The van der Waals surface area contributed by atoms with Crippen LogP contribution < -0.4 is 0 Å². The molecule has 0 saturated carbocycles. The zero-order valence-corrected chi connectivity index (χ0v) is 11.0. The molecule has 0 heterocycles. The molecule has 0 aromatic rings. The van der Waals surface area contributed by atoms with Crippen LogP contribution in [0.1, 0.15) is 59.3 Å². The molecule has 0 aliphatic carbocycles. The van der Waals surface area contributed by atoms with Crippen LogP contribution in [0.3, 0.4) is 0 Å². The highest BCUT2D eigenvalue weighted by Gasteiger charge is 2.15. The van der Waals surface area contributed by atoms with Crippen LogP contribution in [0.5, 0.6) is 0 Å². The van der Waals surface area contributed by atoms with Gasteiger partial charge in [0.1, 0.15) is 0 Å². The van der Waals surface area contributed by atoms with E-state index in [1.807, 2.05) is 13.8 Å². The van der Waals surface area contributed by atoms with Gasteiger partial charge in [-0.25, -0.2) is 0 Å². The maximum Gasteiger partial charge on any atom is 0.309 e. The lowest BCUT2D eigenvalue weighted by molar-refractivity contribution is -0.148. The van der Waals surface area contributed by atoms with Crippen molar-refractivity contribution in [1.29, 1.82) is 0 Å². The van der Waals surface area contributed by atoms with Crippen molar-refractivity contribution in [3.8, 4) is 0 Å². The van der Waals surface area contributed by atoms with E-state index in [0.29, 0.717) is 6.61 Å². The van der Waals surface area contributed by atoms with Crippen LogP contribution >= 0.6 is 0 Å². The molecule has 0 radical (unpaired) electrons. The van der Waals surface area contributed by atoms with Crippen molar-refractivity contribution in [3.63, 3.8) is 0 Å². The molecule has 94 valence electrons. The van der Waals surface area contributed by atoms with Gasteiger partial charge in [-0.1, -0.05) is 38.8 Å². The zero-order valence-electron chi connectivity index (χ0n) is 11.0. The Morgan fingerprint density at radius 2 is 1.94 bits per heavy atom. The predicted octanol–water partition coefficient (Wildman–Crippen LogP) is 4.10. The molecule has 2 heteroatoms. The second-order valence-corrected chi connectivity index (χ2v) is 4.06. The number of allylic oxidation sites excluding steroid dienone is 2. The first-order chi connectivity index (χ1) is 7.76. The van der Waals surface area contributed by atoms with E-state index in [1.54, 1.807) is 0 Å². The van der Waals surface area contributed by atoms with Gasteiger partial charge in [-0.05, 0) is 32.6 Å². The van der Waals surface area contributed by atoms with E-state index in [-0.39, 0.29) is 11.9 Å². The number of esters is 1. The van der Waals surface area contributed by atoms with Gasteiger partial charge < -0.3 is 4.74 Å². The van der Waals surface area contributed by atoms with Gasteiger partial charge in [-0.3, -0.25) is 4.79 Å². The van der Waals surface area contributed by atoms with E-state index < -0.39 is 0 Å². The second-order valence-electron chi connectivity index (χ2n) is 4.06. The quantitative estimate of drug-likeness (QED) is 0.336. The summed E-state index contributed by atoms with van der Waals surface area (Å²) in [6.45, 7) is 6.57. The third kappa shape index (κ3) is 7.49. The minimum Gasteiger partial charge on any atom is -0.466 e. The molecule has 0 aliphatic rings. The summed E-state index contributed by atoms with van der Waals surface area (Å²) in [6.07, 6.45) is 10.9. The first kappa shape index (κ1) is 15.2. The van der Waals surface area contributed by atoms with E-state index in [1.165, 1.54) is 19.3 Å². The van der Waals surface area contributed by atoms with Crippen molar-refractivity contribution in [2.45, 2.75) is 59.3 Å². The summed E-state index contributed by atoms with van der Waals surface area (Å²) in [5.41, 5.74) is 0. The van der Waals surface area contributed by atoms with E-state index in [0.717, 1.165) is 19.3 Å². The van der Waals surface area contributed by atoms with Crippen molar-refractivity contribution in [2.75, 3.05) is 6.61 Å². The summed E-state index contributed by atoms with van der Waals surface area (Å²) in [6, 6.07) is 0. The van der Waals surface area contributed by atoms with Crippen LogP contribution in [0, 0.1) is 5.92 Å². The molecular weight excluding hydrogens is 200 g/mol. The molecule has 0 aromatic carbocycles. The SMILES string of the molecule is CCCCCC=CCC(CC)C(=O)OCC. The first-order valence-corrected chi connectivity index (χ1v) is 6.57.